The second kappa shape index (κ2) is 9.10. The van der Waals surface area contributed by atoms with Gasteiger partial charge in [-0.05, 0) is 38.2 Å². The van der Waals surface area contributed by atoms with Gasteiger partial charge in [0.05, 0.1) is 6.04 Å². The van der Waals surface area contributed by atoms with Crippen LogP contribution in [0.1, 0.15) is 82.8 Å². The summed E-state index contributed by atoms with van der Waals surface area (Å²) in [6.45, 7) is 2.12. The summed E-state index contributed by atoms with van der Waals surface area (Å²) in [4.78, 5) is 4.98. The van der Waals surface area contributed by atoms with Gasteiger partial charge in [-0.15, -0.1) is 0 Å². The van der Waals surface area contributed by atoms with Gasteiger partial charge in [0.1, 0.15) is 6.10 Å². The second-order valence-corrected chi connectivity index (χ2v) is 7.38. The molecule has 132 valence electrons. The number of ether oxygens (including phenoxy) is 1. The third-order valence-electron chi connectivity index (χ3n) is 5.36. The molecular formula is C21H32N2O. The van der Waals surface area contributed by atoms with Gasteiger partial charge in [0.2, 0.25) is 0 Å². The Balaban J connectivity index is 1.66. The molecule has 0 aliphatic heterocycles. The molecule has 2 aliphatic rings. The largest absolute Gasteiger partial charge is 0.457 e. The maximum atomic E-state index is 6.28. The Hall–Kier alpha value is -1.51. The fourth-order valence-electron chi connectivity index (χ4n) is 3.86. The Labute approximate surface area is 146 Å². The monoisotopic (exact) mass is 328 g/mol. The molecule has 0 spiro atoms. The summed E-state index contributed by atoms with van der Waals surface area (Å²) in [7, 11) is 0. The topological polar surface area (TPSA) is 33.6 Å². The van der Waals surface area contributed by atoms with Gasteiger partial charge in [0.15, 0.2) is 0 Å². The van der Waals surface area contributed by atoms with Crippen molar-refractivity contribution in [2.75, 3.05) is 0 Å². The summed E-state index contributed by atoms with van der Waals surface area (Å²) in [5, 5.41) is 3.63. The maximum absolute atomic E-state index is 6.28. The molecular weight excluding hydrogens is 296 g/mol. The molecule has 3 heteroatoms. The Morgan fingerprint density at radius 2 is 1.58 bits per heavy atom. The number of benzene rings is 1. The Morgan fingerprint density at radius 1 is 0.958 bits per heavy atom. The highest BCUT2D eigenvalue weighted by Gasteiger charge is 2.20. The van der Waals surface area contributed by atoms with Crippen LogP contribution in [0.15, 0.2) is 35.3 Å². The smallest absolute Gasteiger partial charge is 0.285 e. The van der Waals surface area contributed by atoms with Gasteiger partial charge in [0, 0.05) is 6.04 Å². The summed E-state index contributed by atoms with van der Waals surface area (Å²) in [5.74, 6) is 0. The molecule has 0 saturated heterocycles. The minimum absolute atomic E-state index is 0.0321. The Bertz CT molecular complexity index is 502. The lowest BCUT2D eigenvalue weighted by Gasteiger charge is -2.27. The highest BCUT2D eigenvalue weighted by molar-refractivity contribution is 5.74. The number of hydrogen-bond donors (Lipinski definition) is 1. The average molecular weight is 328 g/mol. The normalized spacial score (nSPS) is 22.1. The minimum Gasteiger partial charge on any atom is -0.457 e. The van der Waals surface area contributed by atoms with Crippen LogP contribution in [0, 0.1) is 0 Å². The highest BCUT2D eigenvalue weighted by atomic mass is 16.5. The average Bonchev–Trinajstić information content (AvgIpc) is 2.64. The molecule has 0 radical (unpaired) electrons. The molecule has 1 aromatic carbocycles. The van der Waals surface area contributed by atoms with Crippen LogP contribution in [-0.2, 0) is 4.74 Å². The molecule has 2 aliphatic carbocycles. The Kier molecular flexibility index (Phi) is 6.57. The van der Waals surface area contributed by atoms with E-state index in [4.69, 9.17) is 9.73 Å². The van der Waals surface area contributed by atoms with Crippen molar-refractivity contribution in [3.63, 3.8) is 0 Å². The standard InChI is InChI=1S/C21H32N2O/c1-17(18-11-5-2-6-12-18)24-21(22-19-13-7-3-8-14-19)23-20-15-9-4-10-16-20/h2,5-6,11-12,17,19-20H,3-4,7-10,13-16H2,1H3,(H,22,23). The summed E-state index contributed by atoms with van der Waals surface area (Å²) < 4.78 is 6.28. The number of aliphatic imine (C=N–C) groups is 1. The van der Waals surface area contributed by atoms with Crippen LogP contribution in [0.5, 0.6) is 0 Å². The molecule has 1 aromatic rings. The van der Waals surface area contributed by atoms with E-state index in [0.29, 0.717) is 12.1 Å². The summed E-state index contributed by atoms with van der Waals surface area (Å²) in [5.41, 5.74) is 1.21. The van der Waals surface area contributed by atoms with Gasteiger partial charge < -0.3 is 10.1 Å². The van der Waals surface area contributed by atoms with Crippen molar-refractivity contribution in [3.05, 3.63) is 35.9 Å². The summed E-state index contributed by atoms with van der Waals surface area (Å²) in [6.07, 6.45) is 12.9. The number of nitrogens with one attached hydrogen (secondary N) is 1. The fraction of sp³-hybridized carbons (Fsp3) is 0.667. The van der Waals surface area contributed by atoms with Gasteiger partial charge in [-0.25, -0.2) is 4.99 Å². The molecule has 3 rings (SSSR count). The lowest BCUT2D eigenvalue weighted by atomic mass is 9.95. The SMILES string of the molecule is CC(OC(=NC1CCCCC1)NC1CCCCC1)c1ccccc1. The van der Waals surface area contributed by atoms with E-state index in [1.54, 1.807) is 0 Å². The number of rotatable bonds is 4. The zero-order chi connectivity index (χ0) is 16.6. The maximum Gasteiger partial charge on any atom is 0.285 e. The number of hydrogen-bond acceptors (Lipinski definition) is 2. The molecule has 0 heterocycles. The predicted molar refractivity (Wildman–Crippen MR) is 100 cm³/mol. The van der Waals surface area contributed by atoms with Crippen molar-refractivity contribution < 1.29 is 4.74 Å². The van der Waals surface area contributed by atoms with Crippen LogP contribution in [0.25, 0.3) is 0 Å². The van der Waals surface area contributed by atoms with E-state index in [2.05, 4.69) is 36.5 Å². The van der Waals surface area contributed by atoms with Crippen molar-refractivity contribution >= 4 is 6.02 Å². The third-order valence-corrected chi connectivity index (χ3v) is 5.36. The summed E-state index contributed by atoms with van der Waals surface area (Å²) >= 11 is 0. The molecule has 3 nitrogen and oxygen atoms in total. The van der Waals surface area contributed by atoms with Crippen molar-refractivity contribution in [2.45, 2.75) is 89.3 Å². The van der Waals surface area contributed by atoms with Crippen molar-refractivity contribution in [1.82, 2.24) is 5.32 Å². The lowest BCUT2D eigenvalue weighted by molar-refractivity contribution is 0.191. The van der Waals surface area contributed by atoms with Crippen LogP contribution in [0.3, 0.4) is 0 Å². The van der Waals surface area contributed by atoms with E-state index in [1.165, 1.54) is 69.8 Å². The van der Waals surface area contributed by atoms with Crippen LogP contribution in [-0.4, -0.2) is 18.1 Å². The quantitative estimate of drug-likeness (QED) is 0.595. The molecule has 1 unspecified atom stereocenters. The van der Waals surface area contributed by atoms with Crippen molar-refractivity contribution in [1.29, 1.82) is 0 Å². The van der Waals surface area contributed by atoms with Gasteiger partial charge in [-0.3, -0.25) is 0 Å². The zero-order valence-corrected chi connectivity index (χ0v) is 15.0. The van der Waals surface area contributed by atoms with Crippen LogP contribution in [0.2, 0.25) is 0 Å². The molecule has 0 amide bonds. The van der Waals surface area contributed by atoms with E-state index < -0.39 is 0 Å². The van der Waals surface area contributed by atoms with Gasteiger partial charge in [0.25, 0.3) is 6.02 Å². The molecule has 0 bridgehead atoms. The van der Waals surface area contributed by atoms with Crippen LogP contribution in [0.4, 0.5) is 0 Å². The first kappa shape index (κ1) is 17.3. The van der Waals surface area contributed by atoms with Crippen molar-refractivity contribution in [2.24, 2.45) is 4.99 Å². The number of nitrogens with zero attached hydrogens (tertiary/aromatic N) is 1. The van der Waals surface area contributed by atoms with E-state index in [-0.39, 0.29) is 6.10 Å². The van der Waals surface area contributed by atoms with E-state index in [1.807, 2.05) is 6.07 Å². The van der Waals surface area contributed by atoms with Gasteiger partial charge in [-0.1, -0.05) is 68.9 Å². The van der Waals surface area contributed by atoms with E-state index >= 15 is 0 Å². The van der Waals surface area contributed by atoms with Crippen LogP contribution < -0.4 is 5.32 Å². The lowest BCUT2D eigenvalue weighted by Crippen LogP contribution is -2.39. The van der Waals surface area contributed by atoms with Crippen LogP contribution >= 0.6 is 0 Å². The molecule has 1 N–H and O–H groups in total. The van der Waals surface area contributed by atoms with E-state index in [9.17, 15) is 0 Å². The fourth-order valence-corrected chi connectivity index (χ4v) is 3.86. The second-order valence-electron chi connectivity index (χ2n) is 7.38. The molecule has 0 aromatic heterocycles. The van der Waals surface area contributed by atoms with Crippen molar-refractivity contribution in [3.8, 4) is 0 Å². The molecule has 2 saturated carbocycles. The first-order valence-electron chi connectivity index (χ1n) is 9.87. The molecule has 1 atom stereocenters. The van der Waals surface area contributed by atoms with Gasteiger partial charge >= 0.3 is 0 Å². The van der Waals surface area contributed by atoms with Gasteiger partial charge in [-0.2, -0.15) is 0 Å². The van der Waals surface area contributed by atoms with E-state index in [0.717, 1.165) is 6.02 Å². The first-order chi connectivity index (χ1) is 11.8. The first-order valence-corrected chi connectivity index (χ1v) is 9.87. The number of amidine groups is 1. The highest BCUT2D eigenvalue weighted by Crippen LogP contribution is 2.23. The zero-order valence-electron chi connectivity index (χ0n) is 15.0. The molecule has 2 fully saturated rings. The Morgan fingerprint density at radius 3 is 2.25 bits per heavy atom. The predicted octanol–water partition coefficient (Wildman–Crippen LogP) is 5.38. The third kappa shape index (κ3) is 5.25. The minimum atomic E-state index is 0.0321. The molecule has 24 heavy (non-hydrogen) atoms. The summed E-state index contributed by atoms with van der Waals surface area (Å²) in [6, 6.07) is 12.2.